The van der Waals surface area contributed by atoms with Crippen LogP contribution >= 0.6 is 0 Å². The van der Waals surface area contributed by atoms with E-state index in [0.717, 1.165) is 12.1 Å². The highest BCUT2D eigenvalue weighted by Crippen LogP contribution is 2.26. The summed E-state index contributed by atoms with van der Waals surface area (Å²) in [5, 5.41) is 8.77. The third-order valence-electron chi connectivity index (χ3n) is 5.93. The number of likely N-dealkylation sites (tertiary alicyclic amines) is 1. The molecule has 0 aromatic carbocycles. The summed E-state index contributed by atoms with van der Waals surface area (Å²) in [7, 11) is 1.65. The lowest BCUT2D eigenvalue weighted by Crippen LogP contribution is -2.50. The Morgan fingerprint density at radius 2 is 1.82 bits per heavy atom. The molecule has 1 aliphatic heterocycles. The van der Waals surface area contributed by atoms with Gasteiger partial charge in [-0.1, -0.05) is 37.0 Å². The van der Waals surface area contributed by atoms with Crippen LogP contribution in [0.25, 0.3) is 0 Å². The van der Waals surface area contributed by atoms with Gasteiger partial charge in [-0.2, -0.15) is 0 Å². The Balaban J connectivity index is 2.98. The number of unbranched alkanes of at least 4 members (excludes halogenated alkanes) is 1. The molecule has 0 bridgehead atoms. The number of halogens is 1. The van der Waals surface area contributed by atoms with Crippen LogP contribution in [-0.2, 0) is 14.3 Å². The molecule has 0 aromatic heterocycles. The average Bonchev–Trinajstić information content (AvgIpc) is 2.89. The highest BCUT2D eigenvalue weighted by Gasteiger charge is 2.32. The van der Waals surface area contributed by atoms with Crippen LogP contribution in [-0.4, -0.2) is 60.6 Å². The molecule has 40 heavy (non-hydrogen) atoms. The second-order valence-corrected chi connectivity index (χ2v) is 9.20. The molecule has 1 fully saturated rings. The van der Waals surface area contributed by atoms with Crippen molar-refractivity contribution in [1.29, 1.82) is 0 Å². The molecule has 7 nitrogen and oxygen atoms in total. The molecule has 0 radical (unpaired) electrons. The van der Waals surface area contributed by atoms with E-state index in [1.54, 1.807) is 61.0 Å². The molecular weight excluding hydrogens is 509 g/mol. The molecule has 1 N–H and O–H groups in total. The van der Waals surface area contributed by atoms with Gasteiger partial charge in [0, 0.05) is 62.4 Å². The van der Waals surface area contributed by atoms with Crippen LogP contribution in [0.1, 0.15) is 46.5 Å². The molecule has 216 valence electrons. The smallest absolute Gasteiger partial charge is 0.303 e. The van der Waals surface area contributed by atoms with E-state index >= 15 is 0 Å². The molecule has 1 heterocycles. The van der Waals surface area contributed by atoms with Crippen molar-refractivity contribution in [3.8, 4) is 0 Å². The third-order valence-corrected chi connectivity index (χ3v) is 5.93. The van der Waals surface area contributed by atoms with Crippen LogP contribution in [0, 0.1) is 5.92 Å². The first kappa shape index (κ1) is 34.1. The van der Waals surface area contributed by atoms with Crippen molar-refractivity contribution in [2.24, 2.45) is 15.9 Å². The van der Waals surface area contributed by atoms with Crippen LogP contribution in [0.5, 0.6) is 0 Å². The topological polar surface area (TPSA) is 91.6 Å². The Morgan fingerprint density at radius 1 is 1.10 bits per heavy atom. The van der Waals surface area contributed by atoms with E-state index in [-0.39, 0.29) is 24.1 Å². The third kappa shape index (κ3) is 14.3. The Kier molecular flexibility index (Phi) is 17.1. The Labute approximate surface area is 237 Å². The summed E-state index contributed by atoms with van der Waals surface area (Å²) < 4.78 is 18.0. The highest BCUT2D eigenvalue weighted by molar-refractivity contribution is 5.97. The van der Waals surface area contributed by atoms with E-state index in [9.17, 15) is 14.0 Å². The first-order valence-corrected chi connectivity index (χ1v) is 13.3. The normalized spacial score (nSPS) is 16.6. The van der Waals surface area contributed by atoms with Gasteiger partial charge < -0.3 is 14.7 Å². The minimum Gasteiger partial charge on any atom is -0.481 e. The predicted octanol–water partition coefficient (Wildman–Crippen LogP) is 6.71. The van der Waals surface area contributed by atoms with Crippen molar-refractivity contribution in [2.45, 2.75) is 46.5 Å². The molecule has 0 saturated carbocycles. The fourth-order valence-corrected chi connectivity index (χ4v) is 3.65. The lowest BCUT2D eigenvalue weighted by Gasteiger charge is -2.40. The first-order valence-electron chi connectivity index (χ1n) is 13.3. The Morgan fingerprint density at radius 3 is 2.45 bits per heavy atom. The number of carbonyl (C=O) groups excluding carboxylic acids is 1. The SMILES string of the molecule is C=CC(/C=N/C=C/C=C(\C=C\N=C(/C)CCCCC(=O)O)C(=O)N1CC(C(/C=C\COC)=C/C)C1)=C\C=C(/C)F. The van der Waals surface area contributed by atoms with Crippen molar-refractivity contribution in [2.75, 3.05) is 26.8 Å². The molecular formula is C32H42FN3O4. The average molecular weight is 552 g/mol. The van der Waals surface area contributed by atoms with Gasteiger partial charge in [0.25, 0.3) is 5.91 Å². The standard InChI is InChI=1S/C32H42FN3O4/c1-6-27(17-16-25(3)33)22-34-19-10-13-29(18-20-35-26(4)12-8-9-15-31(37)38)32(39)36-23-30(24-36)28(7-2)14-11-21-40-5/h6-7,10-11,13-14,16-20,22,30H,1,8-9,12,15,21,23-24H2,2-5H3,(H,37,38)/b14-11-,19-10+,20-18+,25-16+,27-17+,28-7+,29-13+,34-22+,35-26+. The van der Waals surface area contributed by atoms with E-state index in [4.69, 9.17) is 9.84 Å². The number of aliphatic imine (C=N–C) groups is 2. The maximum absolute atomic E-state index is 13.3. The fraction of sp³-hybridized carbons (Fsp3) is 0.375. The molecule has 0 unspecified atom stereocenters. The summed E-state index contributed by atoms with van der Waals surface area (Å²) in [5.41, 5.74) is 3.13. The van der Waals surface area contributed by atoms with E-state index in [2.05, 4.69) is 22.6 Å². The predicted molar refractivity (Wildman–Crippen MR) is 162 cm³/mol. The number of carboxylic acids is 1. The monoisotopic (exact) mass is 551 g/mol. The molecule has 1 aliphatic rings. The van der Waals surface area contributed by atoms with Gasteiger partial charge in [0.15, 0.2) is 0 Å². The number of nitrogens with zero attached hydrogens (tertiary/aromatic N) is 3. The second kappa shape index (κ2) is 20.1. The summed E-state index contributed by atoms with van der Waals surface area (Å²) in [4.78, 5) is 34.3. The summed E-state index contributed by atoms with van der Waals surface area (Å²) >= 11 is 0. The van der Waals surface area contributed by atoms with Crippen molar-refractivity contribution >= 4 is 23.8 Å². The minimum absolute atomic E-state index is 0.109. The van der Waals surface area contributed by atoms with Gasteiger partial charge in [0.1, 0.15) is 0 Å². The highest BCUT2D eigenvalue weighted by atomic mass is 19.1. The van der Waals surface area contributed by atoms with Gasteiger partial charge in [-0.25, -0.2) is 4.39 Å². The lowest BCUT2D eigenvalue weighted by atomic mass is 9.90. The number of methoxy groups -OCH3 is 1. The number of allylic oxidation sites excluding steroid dienone is 9. The van der Waals surface area contributed by atoms with Crippen LogP contribution in [0.3, 0.4) is 0 Å². The zero-order valence-electron chi connectivity index (χ0n) is 24.1. The fourth-order valence-electron chi connectivity index (χ4n) is 3.65. The molecule has 0 aromatic rings. The van der Waals surface area contributed by atoms with Crippen molar-refractivity contribution in [3.05, 3.63) is 96.2 Å². The Hall–Kier alpha value is -3.91. The summed E-state index contributed by atoms with van der Waals surface area (Å²) in [6, 6.07) is 0. The van der Waals surface area contributed by atoms with Gasteiger partial charge in [-0.15, -0.1) is 0 Å². The van der Waals surface area contributed by atoms with Gasteiger partial charge in [0.05, 0.1) is 12.4 Å². The minimum atomic E-state index is -0.801. The number of ether oxygens (including phenoxy) is 1. The van der Waals surface area contributed by atoms with Gasteiger partial charge >= 0.3 is 5.97 Å². The zero-order valence-corrected chi connectivity index (χ0v) is 24.1. The Bertz CT molecular complexity index is 1130. The molecule has 1 rings (SSSR count). The van der Waals surface area contributed by atoms with Crippen LogP contribution < -0.4 is 0 Å². The largest absolute Gasteiger partial charge is 0.481 e. The molecule has 1 amide bonds. The quantitative estimate of drug-likeness (QED) is 0.0941. The number of carbonyl (C=O) groups is 2. The molecule has 8 heteroatoms. The van der Waals surface area contributed by atoms with Crippen LogP contribution in [0.4, 0.5) is 4.39 Å². The lowest BCUT2D eigenvalue weighted by molar-refractivity contribution is -0.137. The maximum Gasteiger partial charge on any atom is 0.303 e. The van der Waals surface area contributed by atoms with E-state index in [1.165, 1.54) is 18.6 Å². The van der Waals surface area contributed by atoms with Crippen molar-refractivity contribution < 1.29 is 23.8 Å². The summed E-state index contributed by atoms with van der Waals surface area (Å²) in [6.07, 6.45) is 22.4. The number of aliphatic carboxylic acids is 1. The summed E-state index contributed by atoms with van der Waals surface area (Å²) in [6.45, 7) is 10.7. The molecule has 0 aliphatic carbocycles. The summed E-state index contributed by atoms with van der Waals surface area (Å²) in [5.74, 6) is -0.962. The van der Waals surface area contributed by atoms with Gasteiger partial charge in [-0.05, 0) is 75.5 Å². The molecule has 0 atom stereocenters. The van der Waals surface area contributed by atoms with Crippen LogP contribution in [0.15, 0.2) is 106 Å². The van der Waals surface area contributed by atoms with Gasteiger partial charge in [0.2, 0.25) is 0 Å². The van der Waals surface area contributed by atoms with E-state index in [1.807, 2.05) is 26.0 Å². The van der Waals surface area contributed by atoms with Crippen molar-refractivity contribution in [3.63, 3.8) is 0 Å². The number of rotatable bonds is 17. The first-order chi connectivity index (χ1) is 19.2. The second-order valence-electron chi connectivity index (χ2n) is 9.20. The number of carboxylic acid groups (broad SMARTS) is 1. The van der Waals surface area contributed by atoms with Gasteiger partial charge in [-0.3, -0.25) is 19.6 Å². The van der Waals surface area contributed by atoms with E-state index in [0.29, 0.717) is 43.7 Å². The number of amides is 1. The van der Waals surface area contributed by atoms with E-state index < -0.39 is 5.97 Å². The van der Waals surface area contributed by atoms with Crippen molar-refractivity contribution in [1.82, 2.24) is 4.90 Å². The number of hydrogen-bond acceptors (Lipinski definition) is 5. The number of hydrogen-bond donors (Lipinski definition) is 1. The van der Waals surface area contributed by atoms with Crippen LogP contribution in [0.2, 0.25) is 0 Å². The zero-order chi connectivity index (χ0) is 29.8. The molecule has 1 saturated heterocycles. The maximum atomic E-state index is 13.3. The molecule has 0 spiro atoms.